The van der Waals surface area contributed by atoms with E-state index in [0.29, 0.717) is 16.3 Å². The molecule has 3 aliphatic heterocycles. The number of benzene rings is 3. The summed E-state index contributed by atoms with van der Waals surface area (Å²) >= 11 is 0. The lowest BCUT2D eigenvalue weighted by Gasteiger charge is -2.42. The Labute approximate surface area is 312 Å². The predicted octanol–water partition coefficient (Wildman–Crippen LogP) is -0.400. The van der Waals surface area contributed by atoms with Crippen LogP contribution < -0.4 is 25.7 Å². The number of likely N-dealkylation sites (N-methyl/N-ethyl adjacent to an activating group) is 1. The van der Waals surface area contributed by atoms with Crippen LogP contribution in [0.5, 0.6) is 11.5 Å². The molecule has 4 aromatic rings. The Morgan fingerprint density at radius 2 is 1.75 bits per heavy atom. The van der Waals surface area contributed by atoms with Crippen molar-refractivity contribution in [1.82, 2.24) is 5.32 Å². The van der Waals surface area contributed by atoms with Gasteiger partial charge in [-0.2, -0.15) is 9.90 Å². The number of ether oxygens (including phenoxy) is 3. The molecule has 3 aromatic carbocycles. The van der Waals surface area contributed by atoms with Crippen molar-refractivity contribution in [3.8, 4) is 22.6 Å². The summed E-state index contributed by atoms with van der Waals surface area (Å²) in [5, 5.41) is 57.5. The van der Waals surface area contributed by atoms with Crippen LogP contribution in [0.3, 0.4) is 0 Å². The molecular weight excluding hydrogens is 718 g/mol. The highest BCUT2D eigenvalue weighted by molar-refractivity contribution is 6.08. The maximum absolute atomic E-state index is 13.4. The number of carboxylic acid groups (broad SMARTS) is 1. The van der Waals surface area contributed by atoms with Crippen LogP contribution in [0.1, 0.15) is 22.7 Å². The average molecular weight is 756 g/mol. The number of carbonyl (C=O) groups is 2. The first-order valence-corrected chi connectivity index (χ1v) is 17.2. The number of hydroxylamine groups is 2. The van der Waals surface area contributed by atoms with Gasteiger partial charge < -0.3 is 54.3 Å². The van der Waals surface area contributed by atoms with Crippen LogP contribution in [0.2, 0.25) is 0 Å². The molecule has 0 bridgehead atoms. The van der Waals surface area contributed by atoms with E-state index in [1.54, 1.807) is 30.6 Å². The Bertz CT molecular complexity index is 2260. The molecule has 0 aliphatic carbocycles. The zero-order valence-electron chi connectivity index (χ0n) is 29.6. The van der Waals surface area contributed by atoms with Gasteiger partial charge in [0.25, 0.3) is 0 Å². The topological polar surface area (TPSA) is 234 Å². The average Bonchev–Trinajstić information content (AvgIpc) is 3.73. The van der Waals surface area contributed by atoms with Crippen LogP contribution >= 0.6 is 0 Å². The number of rotatable bonds is 11. The number of hydrogen-bond donors (Lipinski definition) is 6. The van der Waals surface area contributed by atoms with E-state index < -0.39 is 61.0 Å². The van der Waals surface area contributed by atoms with Crippen LogP contribution in [0.15, 0.2) is 105 Å². The number of phenolic OH excluding ortho intramolecular Hbond substituents is 1. The molecule has 55 heavy (non-hydrogen) atoms. The van der Waals surface area contributed by atoms with E-state index in [1.807, 2.05) is 32.0 Å². The molecule has 0 amide bonds. The highest BCUT2D eigenvalue weighted by atomic mass is 16.8. The fraction of sp³-hybridized carbons (Fsp3) is 0.282. The number of phenols is 1. The number of carbonyl (C=O) groups excluding carboxylic acids is 2. The minimum absolute atomic E-state index is 0.0328. The first kappa shape index (κ1) is 37.6. The number of quaternary nitrogens is 1. The number of hydrogen-bond acceptors (Lipinski definition) is 15. The quantitative estimate of drug-likeness (QED) is 0.0650. The molecule has 9 atom stereocenters. The number of fused-ring (bicyclic) bond motifs is 2. The fourth-order valence-corrected chi connectivity index (χ4v) is 6.91. The number of carboxylic acids is 1. The monoisotopic (exact) mass is 755 g/mol. The number of aliphatic hydroxyl groups excluding tert-OH is 3. The van der Waals surface area contributed by atoms with Crippen molar-refractivity contribution in [3.05, 3.63) is 118 Å². The second-order valence-corrected chi connectivity index (χ2v) is 13.4. The Balaban J connectivity index is 1.22. The summed E-state index contributed by atoms with van der Waals surface area (Å²) in [7, 11) is 1.16. The molecule has 16 nitrogen and oxygen atoms in total. The molecule has 9 unspecified atom stereocenters. The van der Waals surface area contributed by atoms with Crippen LogP contribution in [0.4, 0.5) is 0 Å². The number of nitrogens with one attached hydrogen (secondary N) is 2. The highest BCUT2D eigenvalue weighted by Crippen LogP contribution is 2.32. The number of aliphatic carboxylic acids is 1. The number of esters is 1. The molecule has 0 radical (unpaired) electrons. The summed E-state index contributed by atoms with van der Waals surface area (Å²) in [4.78, 5) is 48.4. The zero-order chi connectivity index (χ0) is 39.1. The van der Waals surface area contributed by atoms with Gasteiger partial charge >= 0.3 is 5.97 Å². The minimum atomic E-state index is -2.30. The largest absolute Gasteiger partial charge is 0.548 e. The van der Waals surface area contributed by atoms with Crippen LogP contribution in [0.25, 0.3) is 22.1 Å². The lowest BCUT2D eigenvalue weighted by Crippen LogP contribution is -3.07. The van der Waals surface area contributed by atoms with E-state index in [2.05, 4.69) is 10.3 Å². The van der Waals surface area contributed by atoms with Gasteiger partial charge in [0, 0.05) is 17.8 Å². The Hall–Kier alpha value is -5.72. The van der Waals surface area contributed by atoms with Crippen molar-refractivity contribution in [2.75, 3.05) is 7.05 Å². The summed E-state index contributed by atoms with van der Waals surface area (Å²) in [5.74, 6) is -3.19. The third-order valence-corrected chi connectivity index (χ3v) is 9.51. The summed E-state index contributed by atoms with van der Waals surface area (Å²) in [6.45, 7) is 3.91. The molecule has 16 heteroatoms. The smallest absolute Gasteiger partial charge is 0.331 e. The molecule has 0 saturated carbocycles. The van der Waals surface area contributed by atoms with E-state index in [9.17, 15) is 39.9 Å². The van der Waals surface area contributed by atoms with E-state index in [0.717, 1.165) is 29.3 Å². The van der Waals surface area contributed by atoms with Gasteiger partial charge in [-0.05, 0) is 68.9 Å². The number of aliphatic imine (C=N–C) groups is 1. The van der Waals surface area contributed by atoms with Crippen molar-refractivity contribution in [2.24, 2.45) is 4.99 Å². The Kier molecular flexibility index (Phi) is 10.4. The van der Waals surface area contributed by atoms with Crippen molar-refractivity contribution >= 4 is 28.6 Å². The standard InChI is InChI=1S/C39H37N3O13/c1-18-12-19(2)14-22(13-18)30-28-21(10-11-41-28)16-42(30)55-35-33(46)32(45)34(38(50)54-37(49)29(40-3)36(47)48)53-39(35)52-24-8-9-25-27(15-24)51-17-26(31(25)44)20-4-6-23(43)7-5-20/h4-17,29-30,32-35,38-40,43,45-46,50H,1-3H3,(H,47,48). The highest BCUT2D eigenvalue weighted by Gasteiger charge is 2.54. The lowest BCUT2D eigenvalue weighted by atomic mass is 9.97. The van der Waals surface area contributed by atoms with Crippen molar-refractivity contribution in [2.45, 2.75) is 62.9 Å². The van der Waals surface area contributed by atoms with Crippen LogP contribution in [-0.4, -0.2) is 88.2 Å². The first-order valence-electron chi connectivity index (χ1n) is 17.2. The molecular formula is C39H37N3O13. The van der Waals surface area contributed by atoms with Crippen molar-refractivity contribution in [3.63, 3.8) is 0 Å². The molecule has 1 saturated heterocycles. The SMILES string of the molecule is CNC(C(=O)[O-])C(=O)OC(O)C1OC(Oc2ccc3c(=O)c(-c4ccc(O)cc4)coc3c2)C(O[NH+]2C=C3C=CN=C3C2c2cc(C)cc(C)c2)C(O)C1O. The van der Waals surface area contributed by atoms with Gasteiger partial charge in [-0.3, -0.25) is 9.79 Å². The van der Waals surface area contributed by atoms with Gasteiger partial charge in [0.15, 0.2) is 17.6 Å². The fourth-order valence-electron chi connectivity index (χ4n) is 6.91. The predicted molar refractivity (Wildman–Crippen MR) is 190 cm³/mol. The summed E-state index contributed by atoms with van der Waals surface area (Å²) in [6.07, 6.45) is -4.62. The maximum atomic E-state index is 13.4. The van der Waals surface area contributed by atoms with Gasteiger partial charge in [-0.15, -0.1) is 0 Å². The Morgan fingerprint density at radius 1 is 1.02 bits per heavy atom. The summed E-state index contributed by atoms with van der Waals surface area (Å²) < 4.78 is 22.9. The number of aryl methyl sites for hydroxylation is 2. The molecule has 7 rings (SSSR count). The van der Waals surface area contributed by atoms with Crippen molar-refractivity contribution in [1.29, 1.82) is 0 Å². The van der Waals surface area contributed by atoms with E-state index in [-0.39, 0.29) is 33.5 Å². The first-order chi connectivity index (χ1) is 26.3. The van der Waals surface area contributed by atoms with E-state index >= 15 is 0 Å². The molecule has 4 heterocycles. The maximum Gasteiger partial charge on any atom is 0.331 e. The second-order valence-electron chi connectivity index (χ2n) is 13.4. The number of aromatic hydroxyl groups is 1. The third-order valence-electron chi connectivity index (χ3n) is 9.51. The Morgan fingerprint density at radius 3 is 2.44 bits per heavy atom. The molecule has 286 valence electrons. The van der Waals surface area contributed by atoms with Gasteiger partial charge in [0.2, 0.25) is 18.7 Å². The molecule has 6 N–H and O–H groups in total. The molecule has 1 aromatic heterocycles. The number of nitrogens with zero attached hydrogens (tertiary/aromatic N) is 1. The number of allylic oxidation sites excluding steroid dienone is 1. The zero-order valence-corrected chi connectivity index (χ0v) is 29.6. The molecule has 1 fully saturated rings. The lowest BCUT2D eigenvalue weighted by molar-refractivity contribution is -1.07. The molecule has 3 aliphatic rings. The molecule has 0 spiro atoms. The summed E-state index contributed by atoms with van der Waals surface area (Å²) in [6, 6.07) is 13.8. The van der Waals surface area contributed by atoms with Crippen LogP contribution in [-0.2, 0) is 23.9 Å². The van der Waals surface area contributed by atoms with E-state index in [1.165, 1.54) is 36.6 Å². The minimum Gasteiger partial charge on any atom is -0.548 e. The van der Waals surface area contributed by atoms with Crippen molar-refractivity contribution < 1.29 is 63.7 Å². The normalized spacial score (nSPS) is 25.5. The summed E-state index contributed by atoms with van der Waals surface area (Å²) in [5.41, 5.74) is 4.84. The van der Waals surface area contributed by atoms with Gasteiger partial charge in [-0.1, -0.05) is 29.3 Å². The second kappa shape index (κ2) is 15.2. The van der Waals surface area contributed by atoms with Crippen LogP contribution in [0, 0.1) is 13.8 Å². The third kappa shape index (κ3) is 7.39. The van der Waals surface area contributed by atoms with E-state index in [4.69, 9.17) is 23.5 Å². The number of aliphatic hydroxyl groups is 3. The van der Waals surface area contributed by atoms with Gasteiger partial charge in [0.05, 0.1) is 22.5 Å². The van der Waals surface area contributed by atoms with Gasteiger partial charge in [-0.25, -0.2) is 4.79 Å². The van der Waals surface area contributed by atoms with Gasteiger partial charge in [0.1, 0.15) is 53.5 Å².